The SMILES string of the molecule is CC(C)(C)c1nc(-c2ccc(F)c(NC(=O)Nc3cccc(Cl)c3)c2)c(-c2ccncc2)[nH]1. The van der Waals surface area contributed by atoms with E-state index >= 15 is 0 Å². The summed E-state index contributed by atoms with van der Waals surface area (Å²) in [7, 11) is 0. The maximum absolute atomic E-state index is 14.6. The number of halogens is 2. The molecular formula is C25H23ClFN5O. The van der Waals surface area contributed by atoms with Crippen molar-refractivity contribution in [3.63, 3.8) is 0 Å². The first-order valence-electron chi connectivity index (χ1n) is 10.3. The number of hydrogen-bond acceptors (Lipinski definition) is 3. The summed E-state index contributed by atoms with van der Waals surface area (Å²) in [6, 6.07) is 14.4. The van der Waals surface area contributed by atoms with E-state index in [4.69, 9.17) is 16.6 Å². The molecule has 0 spiro atoms. The second kappa shape index (κ2) is 9.03. The van der Waals surface area contributed by atoms with Gasteiger partial charge in [-0.15, -0.1) is 0 Å². The molecule has 0 radical (unpaired) electrons. The van der Waals surface area contributed by atoms with Crippen LogP contribution in [0.15, 0.2) is 67.0 Å². The number of pyridine rings is 1. The quantitative estimate of drug-likeness (QED) is 0.308. The monoisotopic (exact) mass is 463 g/mol. The fourth-order valence-corrected chi connectivity index (χ4v) is 3.47. The first-order chi connectivity index (χ1) is 15.7. The third-order valence-corrected chi connectivity index (χ3v) is 5.19. The highest BCUT2D eigenvalue weighted by atomic mass is 35.5. The number of imidazole rings is 1. The van der Waals surface area contributed by atoms with Crippen LogP contribution in [0.25, 0.3) is 22.5 Å². The lowest BCUT2D eigenvalue weighted by Crippen LogP contribution is -2.20. The van der Waals surface area contributed by atoms with E-state index in [0.717, 1.165) is 17.1 Å². The van der Waals surface area contributed by atoms with E-state index in [1.54, 1.807) is 48.8 Å². The van der Waals surface area contributed by atoms with Gasteiger partial charge in [-0.1, -0.05) is 38.4 Å². The van der Waals surface area contributed by atoms with E-state index in [-0.39, 0.29) is 11.1 Å². The van der Waals surface area contributed by atoms with Crippen molar-refractivity contribution >= 4 is 29.0 Å². The Labute approximate surface area is 196 Å². The summed E-state index contributed by atoms with van der Waals surface area (Å²) in [6.45, 7) is 6.18. The maximum atomic E-state index is 14.6. The highest BCUT2D eigenvalue weighted by Gasteiger charge is 2.23. The number of urea groups is 1. The number of benzene rings is 2. The molecule has 4 rings (SSSR count). The topological polar surface area (TPSA) is 82.7 Å². The minimum atomic E-state index is -0.583. The van der Waals surface area contributed by atoms with Crippen molar-refractivity contribution in [2.45, 2.75) is 26.2 Å². The van der Waals surface area contributed by atoms with Crippen LogP contribution in [0.2, 0.25) is 5.02 Å². The molecule has 2 heterocycles. The standard InChI is InChI=1S/C25H23ClFN5O/c1-25(2,3)23-31-21(15-9-11-28-12-10-15)22(32-23)16-7-8-19(27)20(13-16)30-24(33)29-18-6-4-5-17(26)14-18/h4-14H,1-3H3,(H,31,32)(H2,29,30,33). The minimum Gasteiger partial charge on any atom is -0.341 e. The molecule has 4 aromatic rings. The molecule has 2 amide bonds. The first-order valence-corrected chi connectivity index (χ1v) is 10.7. The average molecular weight is 464 g/mol. The van der Waals surface area contributed by atoms with E-state index in [9.17, 15) is 9.18 Å². The molecule has 33 heavy (non-hydrogen) atoms. The summed E-state index contributed by atoms with van der Waals surface area (Å²) in [5.41, 5.74) is 3.32. The van der Waals surface area contributed by atoms with Gasteiger partial charge in [0.25, 0.3) is 0 Å². The van der Waals surface area contributed by atoms with E-state index < -0.39 is 11.8 Å². The van der Waals surface area contributed by atoms with Crippen LogP contribution in [0, 0.1) is 5.82 Å². The predicted octanol–water partition coefficient (Wildman–Crippen LogP) is 6.87. The zero-order valence-electron chi connectivity index (χ0n) is 18.4. The Morgan fingerprint density at radius 2 is 1.76 bits per heavy atom. The fourth-order valence-electron chi connectivity index (χ4n) is 3.28. The molecule has 168 valence electrons. The van der Waals surface area contributed by atoms with Crippen LogP contribution in [-0.2, 0) is 5.41 Å². The number of amides is 2. The summed E-state index contributed by atoms with van der Waals surface area (Å²) in [5, 5.41) is 5.70. The van der Waals surface area contributed by atoms with Crippen LogP contribution in [0.3, 0.4) is 0 Å². The molecule has 0 aliphatic heterocycles. The molecule has 0 aliphatic rings. The zero-order chi connectivity index (χ0) is 23.6. The number of nitrogens with zero attached hydrogens (tertiary/aromatic N) is 2. The van der Waals surface area contributed by atoms with Gasteiger partial charge in [-0.25, -0.2) is 14.2 Å². The van der Waals surface area contributed by atoms with Gasteiger partial charge >= 0.3 is 6.03 Å². The highest BCUT2D eigenvalue weighted by molar-refractivity contribution is 6.30. The number of carbonyl (C=O) groups excluding carboxylic acids is 1. The molecule has 0 saturated heterocycles. The molecule has 0 bridgehead atoms. The molecule has 8 heteroatoms. The third-order valence-electron chi connectivity index (χ3n) is 4.95. The number of aromatic amines is 1. The normalized spacial score (nSPS) is 11.3. The van der Waals surface area contributed by atoms with Gasteiger partial charge in [0.1, 0.15) is 11.6 Å². The number of nitrogens with one attached hydrogen (secondary N) is 3. The Bertz CT molecular complexity index is 1300. The van der Waals surface area contributed by atoms with Crippen LogP contribution in [-0.4, -0.2) is 21.0 Å². The van der Waals surface area contributed by atoms with E-state index in [0.29, 0.717) is 22.0 Å². The van der Waals surface area contributed by atoms with Gasteiger partial charge in [-0.05, 0) is 48.5 Å². The summed E-state index contributed by atoms with van der Waals surface area (Å²) >= 11 is 5.96. The van der Waals surface area contributed by atoms with Crippen molar-refractivity contribution in [2.24, 2.45) is 0 Å². The van der Waals surface area contributed by atoms with Crippen molar-refractivity contribution in [2.75, 3.05) is 10.6 Å². The molecule has 0 atom stereocenters. The second-order valence-electron chi connectivity index (χ2n) is 8.58. The Balaban J connectivity index is 1.68. The minimum absolute atomic E-state index is 0.0352. The van der Waals surface area contributed by atoms with E-state index in [2.05, 4.69) is 41.4 Å². The number of rotatable bonds is 4. The second-order valence-corrected chi connectivity index (χ2v) is 9.02. The summed E-state index contributed by atoms with van der Waals surface area (Å²) in [6.07, 6.45) is 3.41. The van der Waals surface area contributed by atoms with Crippen LogP contribution < -0.4 is 10.6 Å². The van der Waals surface area contributed by atoms with Crippen molar-refractivity contribution in [3.05, 3.63) is 83.7 Å². The van der Waals surface area contributed by atoms with E-state index in [1.165, 1.54) is 6.07 Å². The molecule has 0 aliphatic carbocycles. The molecule has 3 N–H and O–H groups in total. The third kappa shape index (κ3) is 5.21. The predicted molar refractivity (Wildman–Crippen MR) is 130 cm³/mol. The summed E-state index contributed by atoms with van der Waals surface area (Å²) in [4.78, 5) is 24.8. The fraction of sp³-hybridized carbons (Fsp3) is 0.160. The number of carbonyl (C=O) groups is 1. The van der Waals surface area contributed by atoms with Crippen LogP contribution in [0.1, 0.15) is 26.6 Å². The maximum Gasteiger partial charge on any atom is 0.323 e. The van der Waals surface area contributed by atoms with Crippen LogP contribution in [0.5, 0.6) is 0 Å². The van der Waals surface area contributed by atoms with Crippen molar-refractivity contribution in [3.8, 4) is 22.5 Å². The highest BCUT2D eigenvalue weighted by Crippen LogP contribution is 2.34. The number of aromatic nitrogens is 3. The van der Waals surface area contributed by atoms with Crippen molar-refractivity contribution in [1.29, 1.82) is 0 Å². The molecule has 2 aromatic carbocycles. The Morgan fingerprint density at radius 3 is 2.45 bits per heavy atom. The van der Waals surface area contributed by atoms with Gasteiger partial charge in [0.2, 0.25) is 0 Å². The van der Waals surface area contributed by atoms with Gasteiger partial charge in [-0.2, -0.15) is 0 Å². The molecule has 0 fully saturated rings. The molecule has 2 aromatic heterocycles. The largest absolute Gasteiger partial charge is 0.341 e. The van der Waals surface area contributed by atoms with Crippen molar-refractivity contribution < 1.29 is 9.18 Å². The Hall–Kier alpha value is -3.71. The smallest absolute Gasteiger partial charge is 0.323 e. The Morgan fingerprint density at radius 1 is 1.00 bits per heavy atom. The molecule has 0 unspecified atom stereocenters. The lowest BCUT2D eigenvalue weighted by molar-refractivity contribution is 0.262. The van der Waals surface area contributed by atoms with Crippen molar-refractivity contribution in [1.82, 2.24) is 15.0 Å². The number of H-pyrrole nitrogens is 1. The summed E-state index contributed by atoms with van der Waals surface area (Å²) < 4.78 is 14.6. The lowest BCUT2D eigenvalue weighted by Gasteiger charge is -2.14. The van der Waals surface area contributed by atoms with Gasteiger partial charge in [0.15, 0.2) is 0 Å². The van der Waals surface area contributed by atoms with Gasteiger partial charge < -0.3 is 15.6 Å². The van der Waals surface area contributed by atoms with E-state index in [1.807, 2.05) is 12.1 Å². The first kappa shape index (κ1) is 22.5. The number of hydrogen-bond donors (Lipinski definition) is 3. The molecule has 0 saturated carbocycles. The van der Waals surface area contributed by atoms with Gasteiger partial charge in [0, 0.05) is 39.6 Å². The van der Waals surface area contributed by atoms with Gasteiger partial charge in [-0.3, -0.25) is 4.98 Å². The molecule has 6 nitrogen and oxygen atoms in total. The lowest BCUT2D eigenvalue weighted by atomic mass is 9.96. The van der Waals surface area contributed by atoms with Crippen LogP contribution in [0.4, 0.5) is 20.6 Å². The Kier molecular flexibility index (Phi) is 6.16. The summed E-state index contributed by atoms with van der Waals surface area (Å²) in [5.74, 6) is 0.235. The average Bonchev–Trinajstić information content (AvgIpc) is 3.22. The molecular weight excluding hydrogens is 441 g/mol. The number of anilines is 2. The van der Waals surface area contributed by atoms with Crippen LogP contribution >= 0.6 is 11.6 Å². The zero-order valence-corrected chi connectivity index (χ0v) is 19.2. The van der Waals surface area contributed by atoms with Gasteiger partial charge in [0.05, 0.1) is 17.1 Å².